The molecule has 0 fully saturated rings. The fourth-order valence-corrected chi connectivity index (χ4v) is 13.8. The number of unbranched alkanes of at least 4 members (excludes halogenated alkanes) is 51. The summed E-state index contributed by atoms with van der Waals surface area (Å²) < 4.78 is 68.7. The van der Waals surface area contributed by atoms with E-state index in [9.17, 15) is 43.2 Å². The predicted molar refractivity (Wildman–Crippen MR) is 400 cm³/mol. The second-order valence-corrected chi connectivity index (χ2v) is 31.8. The maximum atomic E-state index is 13.1. The average molecular weight is 1440 g/mol. The molecule has 0 aromatic rings. The number of rotatable bonds is 79. The molecule has 17 nitrogen and oxygen atoms in total. The lowest BCUT2D eigenvalue weighted by molar-refractivity contribution is -0.161. The molecule has 0 spiro atoms. The molecule has 0 aliphatic rings. The monoisotopic (exact) mass is 1440 g/mol. The van der Waals surface area contributed by atoms with Crippen LogP contribution in [0.2, 0.25) is 0 Å². The van der Waals surface area contributed by atoms with Crippen LogP contribution >= 0.6 is 15.6 Å². The first-order valence-corrected chi connectivity index (χ1v) is 44.1. The lowest BCUT2D eigenvalue weighted by atomic mass is 10.0. The van der Waals surface area contributed by atoms with Crippen molar-refractivity contribution in [2.75, 3.05) is 39.6 Å². The highest BCUT2D eigenvalue weighted by Crippen LogP contribution is 2.45. The van der Waals surface area contributed by atoms with Crippen molar-refractivity contribution >= 4 is 39.5 Å². The Morgan fingerprint density at radius 1 is 0.276 bits per heavy atom. The number of phosphoric acid groups is 2. The topological polar surface area (TPSA) is 237 Å². The van der Waals surface area contributed by atoms with Gasteiger partial charge in [0.05, 0.1) is 26.4 Å². The molecule has 0 radical (unpaired) electrons. The molecule has 582 valence electrons. The minimum absolute atomic E-state index is 0.109. The van der Waals surface area contributed by atoms with Gasteiger partial charge in [0, 0.05) is 25.7 Å². The maximum Gasteiger partial charge on any atom is 0.472 e. The highest BCUT2D eigenvalue weighted by molar-refractivity contribution is 7.47. The molecule has 0 bridgehead atoms. The highest BCUT2D eigenvalue weighted by Gasteiger charge is 2.30. The minimum atomic E-state index is -4.96. The third-order valence-electron chi connectivity index (χ3n) is 18.5. The second-order valence-electron chi connectivity index (χ2n) is 28.9. The van der Waals surface area contributed by atoms with E-state index in [4.69, 9.17) is 37.0 Å². The first-order valence-electron chi connectivity index (χ1n) is 41.1. The Kier molecular flexibility index (Phi) is 70.6. The fourth-order valence-electron chi connectivity index (χ4n) is 12.2. The normalized spacial score (nSPS) is 13.9. The summed E-state index contributed by atoms with van der Waals surface area (Å²) in [7, 11) is -9.92. The number of carbonyl (C=O) groups is 4. The van der Waals surface area contributed by atoms with Crippen LogP contribution in [-0.2, 0) is 65.4 Å². The molecule has 3 N–H and O–H groups in total. The standard InChI is InChI=1S/C79H154O17P2/c1-6-9-12-15-18-21-24-27-29-30-33-40-45-50-55-60-65-79(84)96-75(69-90-77(82)63-58-53-48-43-38-35-34-36-41-46-51-56-61-72(4)5)71-94-98(87,88)92-67-73(80)66-91-97(85,86)93-70-74(68-89-76(81)62-57-52-47-42-37-31-26-23-20-17-14-11-8-3)95-78(83)64-59-54-49-44-39-32-28-25-22-19-16-13-10-7-2/h72-75,80H,6-71H2,1-5H3,(H,85,86)(H,87,88)/t73-,74+,75+/m0/s1. The van der Waals surface area contributed by atoms with E-state index in [0.29, 0.717) is 25.7 Å². The highest BCUT2D eigenvalue weighted by atomic mass is 31.2. The molecule has 5 atom stereocenters. The van der Waals surface area contributed by atoms with Crippen molar-refractivity contribution < 1.29 is 80.2 Å². The summed E-state index contributed by atoms with van der Waals surface area (Å²) in [5.41, 5.74) is 0. The third-order valence-corrected chi connectivity index (χ3v) is 20.4. The summed E-state index contributed by atoms with van der Waals surface area (Å²) in [5.74, 6) is -1.32. The van der Waals surface area contributed by atoms with E-state index >= 15 is 0 Å². The zero-order valence-corrected chi connectivity index (χ0v) is 65.7. The molecule has 0 saturated heterocycles. The molecule has 2 unspecified atom stereocenters. The summed E-state index contributed by atoms with van der Waals surface area (Å²) in [6, 6.07) is 0. The van der Waals surface area contributed by atoms with Gasteiger partial charge in [-0.3, -0.25) is 37.3 Å². The average Bonchev–Trinajstić information content (AvgIpc) is 1.93. The van der Waals surface area contributed by atoms with Crippen LogP contribution in [-0.4, -0.2) is 96.7 Å². The first-order chi connectivity index (χ1) is 47.5. The fraction of sp³-hybridized carbons (Fsp3) is 0.949. The van der Waals surface area contributed by atoms with Crippen LogP contribution < -0.4 is 0 Å². The van der Waals surface area contributed by atoms with Gasteiger partial charge in [0.1, 0.15) is 19.3 Å². The van der Waals surface area contributed by atoms with Gasteiger partial charge in [0.25, 0.3) is 0 Å². The molecule has 0 aliphatic heterocycles. The van der Waals surface area contributed by atoms with Gasteiger partial charge in [-0.1, -0.05) is 369 Å². The van der Waals surface area contributed by atoms with E-state index in [-0.39, 0.29) is 25.7 Å². The molecule has 0 amide bonds. The lowest BCUT2D eigenvalue weighted by Crippen LogP contribution is -2.30. The lowest BCUT2D eigenvalue weighted by Gasteiger charge is -2.21. The zero-order valence-electron chi connectivity index (χ0n) is 63.9. The van der Waals surface area contributed by atoms with Crippen LogP contribution in [0.4, 0.5) is 0 Å². The Morgan fingerprint density at radius 2 is 0.469 bits per heavy atom. The Hall–Kier alpha value is -1.94. The van der Waals surface area contributed by atoms with Gasteiger partial charge >= 0.3 is 39.5 Å². The van der Waals surface area contributed by atoms with E-state index in [1.165, 1.54) is 244 Å². The van der Waals surface area contributed by atoms with Crippen molar-refractivity contribution in [2.45, 2.75) is 438 Å². The molecule has 19 heteroatoms. The van der Waals surface area contributed by atoms with Gasteiger partial charge in [-0.15, -0.1) is 0 Å². The van der Waals surface area contributed by atoms with Crippen LogP contribution in [0.15, 0.2) is 0 Å². The number of aliphatic hydroxyl groups is 1. The number of esters is 4. The zero-order chi connectivity index (χ0) is 71.9. The maximum absolute atomic E-state index is 13.1. The largest absolute Gasteiger partial charge is 0.472 e. The number of hydrogen-bond acceptors (Lipinski definition) is 15. The number of carbonyl (C=O) groups excluding carboxylic acids is 4. The van der Waals surface area contributed by atoms with Crippen LogP contribution in [0.5, 0.6) is 0 Å². The van der Waals surface area contributed by atoms with Gasteiger partial charge in [-0.25, -0.2) is 9.13 Å². The first kappa shape index (κ1) is 96.1. The minimum Gasteiger partial charge on any atom is -0.462 e. The summed E-state index contributed by atoms with van der Waals surface area (Å²) in [6.07, 6.45) is 62.2. The van der Waals surface area contributed by atoms with Gasteiger partial charge in [0.15, 0.2) is 12.2 Å². The van der Waals surface area contributed by atoms with E-state index in [1.54, 1.807) is 0 Å². The molecular formula is C79H154O17P2. The molecule has 0 aromatic carbocycles. The molecule has 0 rings (SSSR count). The molecule has 0 aromatic heterocycles. The quantitative estimate of drug-likeness (QED) is 0.0222. The van der Waals surface area contributed by atoms with Gasteiger partial charge in [0.2, 0.25) is 0 Å². The van der Waals surface area contributed by atoms with Crippen molar-refractivity contribution in [2.24, 2.45) is 5.92 Å². The Morgan fingerprint density at radius 3 is 0.694 bits per heavy atom. The van der Waals surface area contributed by atoms with Crippen molar-refractivity contribution in [3.05, 3.63) is 0 Å². The van der Waals surface area contributed by atoms with Crippen molar-refractivity contribution in [1.82, 2.24) is 0 Å². The summed E-state index contributed by atoms with van der Waals surface area (Å²) >= 11 is 0. The second kappa shape index (κ2) is 72.0. The van der Waals surface area contributed by atoms with Crippen LogP contribution in [0, 0.1) is 5.92 Å². The summed E-state index contributed by atoms with van der Waals surface area (Å²) in [4.78, 5) is 73.0. The number of hydrogen-bond donors (Lipinski definition) is 3. The van der Waals surface area contributed by atoms with Gasteiger partial charge in [-0.2, -0.15) is 0 Å². The van der Waals surface area contributed by atoms with Crippen molar-refractivity contribution in [3.63, 3.8) is 0 Å². The smallest absolute Gasteiger partial charge is 0.462 e. The van der Waals surface area contributed by atoms with E-state index in [1.807, 2.05) is 0 Å². The van der Waals surface area contributed by atoms with E-state index in [2.05, 4.69) is 34.6 Å². The Balaban J connectivity index is 5.27. The summed E-state index contributed by atoms with van der Waals surface area (Å²) in [5, 5.41) is 10.6. The Bertz CT molecular complexity index is 1870. The number of phosphoric ester groups is 2. The third kappa shape index (κ3) is 72.4. The molecular weight excluding hydrogens is 1280 g/mol. The molecule has 98 heavy (non-hydrogen) atoms. The van der Waals surface area contributed by atoms with E-state index < -0.39 is 97.5 Å². The summed E-state index contributed by atoms with van der Waals surface area (Å²) in [6.45, 7) is 7.34. The molecule has 0 aliphatic carbocycles. The molecule has 0 saturated carbocycles. The predicted octanol–water partition coefficient (Wildman–Crippen LogP) is 23.6. The number of ether oxygens (including phenoxy) is 4. The number of aliphatic hydroxyl groups excluding tert-OH is 1. The van der Waals surface area contributed by atoms with Crippen LogP contribution in [0.25, 0.3) is 0 Å². The van der Waals surface area contributed by atoms with Gasteiger partial charge in [-0.05, 0) is 31.6 Å². The molecule has 0 heterocycles. The van der Waals surface area contributed by atoms with Crippen molar-refractivity contribution in [1.29, 1.82) is 0 Å². The SMILES string of the molecule is CCCCCCCCCCCCCCCCCCC(=O)O[C@H](COC(=O)CCCCCCCCCCCCCCC(C)C)COP(=O)(O)OC[C@@H](O)COP(=O)(O)OC[C@@H](COC(=O)CCCCCCCCCCCCCCC)OC(=O)CCCCCCCCCCCCCCCC. The van der Waals surface area contributed by atoms with Crippen LogP contribution in [0.3, 0.4) is 0 Å². The van der Waals surface area contributed by atoms with Crippen molar-refractivity contribution in [3.8, 4) is 0 Å². The van der Waals surface area contributed by atoms with Gasteiger partial charge < -0.3 is 33.8 Å². The van der Waals surface area contributed by atoms with Crippen LogP contribution in [0.1, 0.15) is 420 Å². The van der Waals surface area contributed by atoms with E-state index in [0.717, 1.165) is 95.8 Å². The Labute approximate surface area is 600 Å².